The van der Waals surface area contributed by atoms with Crippen molar-refractivity contribution >= 4 is 6.09 Å². The lowest BCUT2D eigenvalue weighted by Gasteiger charge is -2.02. The van der Waals surface area contributed by atoms with E-state index in [2.05, 4.69) is 15.2 Å². The van der Waals surface area contributed by atoms with Crippen molar-refractivity contribution in [2.24, 2.45) is 0 Å². The van der Waals surface area contributed by atoms with E-state index in [1.54, 1.807) is 13.0 Å². The molecular weight excluding hydrogens is 188 g/mol. The standard InChI is InChI=1S/C8H12N2O4/c1-6-4-7(14-10-6)5-9-8(12)13-3-2-11/h4,11H,2-3,5H2,1H3,(H,9,12). The molecule has 1 heterocycles. The predicted octanol–water partition coefficient (Wildman–Crippen LogP) is 0.202. The van der Waals surface area contributed by atoms with Gasteiger partial charge in [-0.3, -0.25) is 0 Å². The molecule has 0 aliphatic heterocycles. The van der Waals surface area contributed by atoms with Gasteiger partial charge < -0.3 is 19.7 Å². The van der Waals surface area contributed by atoms with Gasteiger partial charge in [-0.1, -0.05) is 5.16 Å². The summed E-state index contributed by atoms with van der Waals surface area (Å²) in [5.41, 5.74) is 0.755. The molecule has 78 valence electrons. The molecule has 0 aromatic carbocycles. The average molecular weight is 200 g/mol. The fourth-order valence-electron chi connectivity index (χ4n) is 0.848. The fraction of sp³-hybridized carbons (Fsp3) is 0.500. The van der Waals surface area contributed by atoms with Crippen LogP contribution in [0.1, 0.15) is 11.5 Å². The quantitative estimate of drug-likeness (QED) is 0.725. The van der Waals surface area contributed by atoms with Crippen LogP contribution in [0, 0.1) is 6.92 Å². The first kappa shape index (κ1) is 10.5. The van der Waals surface area contributed by atoms with Crippen molar-refractivity contribution in [2.45, 2.75) is 13.5 Å². The highest BCUT2D eigenvalue weighted by atomic mass is 16.6. The number of aliphatic hydroxyl groups is 1. The van der Waals surface area contributed by atoms with Crippen molar-refractivity contribution in [3.63, 3.8) is 0 Å². The van der Waals surface area contributed by atoms with Gasteiger partial charge in [0.2, 0.25) is 0 Å². The Labute approximate surface area is 80.8 Å². The molecule has 14 heavy (non-hydrogen) atoms. The molecule has 0 saturated heterocycles. The van der Waals surface area contributed by atoms with Crippen molar-refractivity contribution in [3.05, 3.63) is 17.5 Å². The molecule has 0 bridgehead atoms. The van der Waals surface area contributed by atoms with Crippen LogP contribution in [0.5, 0.6) is 0 Å². The number of hydrogen-bond acceptors (Lipinski definition) is 5. The van der Waals surface area contributed by atoms with E-state index in [1.807, 2.05) is 0 Å². The number of aliphatic hydroxyl groups excluding tert-OH is 1. The number of ether oxygens (including phenoxy) is 1. The molecule has 1 aromatic heterocycles. The molecule has 0 fully saturated rings. The smallest absolute Gasteiger partial charge is 0.407 e. The first-order chi connectivity index (χ1) is 6.72. The summed E-state index contributed by atoms with van der Waals surface area (Å²) in [5.74, 6) is 0.559. The van der Waals surface area contributed by atoms with Crippen LogP contribution >= 0.6 is 0 Å². The van der Waals surface area contributed by atoms with Crippen molar-refractivity contribution < 1.29 is 19.2 Å². The molecule has 1 amide bonds. The topological polar surface area (TPSA) is 84.6 Å². The van der Waals surface area contributed by atoms with E-state index in [9.17, 15) is 4.79 Å². The highest BCUT2D eigenvalue weighted by Gasteiger charge is 2.04. The molecule has 6 heteroatoms. The van der Waals surface area contributed by atoms with Gasteiger partial charge in [-0.25, -0.2) is 4.79 Å². The number of amides is 1. The first-order valence-corrected chi connectivity index (χ1v) is 4.16. The highest BCUT2D eigenvalue weighted by Crippen LogP contribution is 2.00. The Kier molecular flexibility index (Phi) is 3.93. The molecule has 2 N–H and O–H groups in total. The Balaban J connectivity index is 2.23. The van der Waals surface area contributed by atoms with Crippen LogP contribution in [-0.2, 0) is 11.3 Å². The molecule has 0 unspecified atom stereocenters. The van der Waals surface area contributed by atoms with Crippen LogP contribution in [-0.4, -0.2) is 29.6 Å². The van der Waals surface area contributed by atoms with Gasteiger partial charge in [-0.05, 0) is 6.92 Å². The Morgan fingerprint density at radius 1 is 1.79 bits per heavy atom. The molecule has 0 aliphatic rings. The lowest BCUT2D eigenvalue weighted by Crippen LogP contribution is -2.24. The summed E-state index contributed by atoms with van der Waals surface area (Å²) in [6.07, 6.45) is -0.590. The summed E-state index contributed by atoms with van der Waals surface area (Å²) in [4.78, 5) is 10.9. The van der Waals surface area contributed by atoms with E-state index in [4.69, 9.17) is 9.63 Å². The minimum absolute atomic E-state index is 0.0126. The molecule has 0 spiro atoms. The molecule has 1 aromatic rings. The predicted molar refractivity (Wildman–Crippen MR) is 46.5 cm³/mol. The lowest BCUT2D eigenvalue weighted by molar-refractivity contribution is 0.118. The van der Waals surface area contributed by atoms with Gasteiger partial charge in [-0.2, -0.15) is 0 Å². The van der Waals surface area contributed by atoms with E-state index in [0.717, 1.165) is 5.69 Å². The average Bonchev–Trinajstić information content (AvgIpc) is 2.58. The summed E-state index contributed by atoms with van der Waals surface area (Å²) in [6, 6.07) is 1.71. The maximum Gasteiger partial charge on any atom is 0.407 e. The molecule has 0 atom stereocenters. The maximum absolute atomic E-state index is 10.9. The molecule has 1 rings (SSSR count). The molecule has 0 aliphatic carbocycles. The molecule has 6 nitrogen and oxygen atoms in total. The Bertz CT molecular complexity index is 297. The van der Waals surface area contributed by atoms with Crippen LogP contribution in [0.4, 0.5) is 4.79 Å². The second-order valence-electron chi connectivity index (χ2n) is 2.65. The highest BCUT2D eigenvalue weighted by molar-refractivity contribution is 5.66. The van der Waals surface area contributed by atoms with E-state index in [0.29, 0.717) is 5.76 Å². The number of nitrogens with one attached hydrogen (secondary N) is 1. The van der Waals surface area contributed by atoms with Gasteiger partial charge in [0.25, 0.3) is 0 Å². The third-order valence-corrected chi connectivity index (χ3v) is 1.41. The largest absolute Gasteiger partial charge is 0.447 e. The number of rotatable bonds is 4. The monoisotopic (exact) mass is 200 g/mol. The molecule has 0 radical (unpaired) electrons. The number of aryl methyl sites for hydroxylation is 1. The van der Waals surface area contributed by atoms with Gasteiger partial charge >= 0.3 is 6.09 Å². The van der Waals surface area contributed by atoms with Crippen LogP contribution in [0.15, 0.2) is 10.6 Å². The van der Waals surface area contributed by atoms with Crippen molar-refractivity contribution in [1.29, 1.82) is 0 Å². The number of carbonyl (C=O) groups excluding carboxylic acids is 1. The van der Waals surface area contributed by atoms with Crippen LogP contribution in [0.25, 0.3) is 0 Å². The summed E-state index contributed by atoms with van der Waals surface area (Å²) in [5, 5.41) is 14.5. The number of aromatic nitrogens is 1. The lowest BCUT2D eigenvalue weighted by atomic mass is 10.4. The zero-order valence-corrected chi connectivity index (χ0v) is 7.82. The third kappa shape index (κ3) is 3.44. The van der Waals surface area contributed by atoms with Gasteiger partial charge in [-0.15, -0.1) is 0 Å². The van der Waals surface area contributed by atoms with Crippen molar-refractivity contribution in [3.8, 4) is 0 Å². The molecular formula is C8H12N2O4. The minimum atomic E-state index is -0.590. The van der Waals surface area contributed by atoms with Crippen LogP contribution in [0.3, 0.4) is 0 Å². The third-order valence-electron chi connectivity index (χ3n) is 1.41. The van der Waals surface area contributed by atoms with Crippen molar-refractivity contribution in [2.75, 3.05) is 13.2 Å². The summed E-state index contributed by atoms with van der Waals surface area (Å²) in [7, 11) is 0. The fourth-order valence-corrected chi connectivity index (χ4v) is 0.848. The van der Waals surface area contributed by atoms with Gasteiger partial charge in [0, 0.05) is 6.07 Å². The Hall–Kier alpha value is -1.56. The Morgan fingerprint density at radius 2 is 2.57 bits per heavy atom. The first-order valence-electron chi connectivity index (χ1n) is 4.16. The van der Waals surface area contributed by atoms with E-state index >= 15 is 0 Å². The van der Waals surface area contributed by atoms with E-state index in [1.165, 1.54) is 0 Å². The minimum Gasteiger partial charge on any atom is -0.447 e. The zero-order valence-electron chi connectivity index (χ0n) is 7.82. The van der Waals surface area contributed by atoms with Gasteiger partial charge in [0.15, 0.2) is 5.76 Å². The van der Waals surface area contributed by atoms with Gasteiger partial charge in [0.05, 0.1) is 18.8 Å². The normalized spacial score (nSPS) is 9.86. The molecule has 0 saturated carbocycles. The van der Waals surface area contributed by atoms with Crippen LogP contribution in [0.2, 0.25) is 0 Å². The maximum atomic E-state index is 10.9. The van der Waals surface area contributed by atoms with E-state index < -0.39 is 6.09 Å². The second-order valence-corrected chi connectivity index (χ2v) is 2.65. The number of nitrogens with zero attached hydrogens (tertiary/aromatic N) is 1. The second kappa shape index (κ2) is 5.23. The van der Waals surface area contributed by atoms with Gasteiger partial charge in [0.1, 0.15) is 6.61 Å². The zero-order chi connectivity index (χ0) is 10.4. The van der Waals surface area contributed by atoms with E-state index in [-0.39, 0.29) is 19.8 Å². The SMILES string of the molecule is Cc1cc(CNC(=O)OCCO)on1. The summed E-state index contributed by atoms with van der Waals surface area (Å²) >= 11 is 0. The number of hydrogen-bond donors (Lipinski definition) is 2. The summed E-state index contributed by atoms with van der Waals surface area (Å²) < 4.78 is 9.41. The van der Waals surface area contributed by atoms with Crippen LogP contribution < -0.4 is 5.32 Å². The number of alkyl carbamates (subject to hydrolysis) is 1. The number of carbonyl (C=O) groups is 1. The Morgan fingerprint density at radius 3 is 3.14 bits per heavy atom. The summed E-state index contributed by atoms with van der Waals surface area (Å²) in [6.45, 7) is 1.82. The van der Waals surface area contributed by atoms with Crippen molar-refractivity contribution in [1.82, 2.24) is 10.5 Å².